The van der Waals surface area contributed by atoms with Crippen LogP contribution in [0.3, 0.4) is 0 Å². The fraction of sp³-hybridized carbons (Fsp3) is 0.533. The molecule has 2 N–H and O–H groups in total. The smallest absolute Gasteiger partial charge is 0.0972 e. The van der Waals surface area contributed by atoms with Crippen molar-refractivity contribution in [3.8, 4) is 0 Å². The van der Waals surface area contributed by atoms with Crippen molar-refractivity contribution >= 4 is 5.84 Å². The van der Waals surface area contributed by atoms with Crippen molar-refractivity contribution in [3.63, 3.8) is 0 Å². The van der Waals surface area contributed by atoms with Gasteiger partial charge < -0.3 is 5.73 Å². The van der Waals surface area contributed by atoms with Gasteiger partial charge in [-0.2, -0.15) is 0 Å². The van der Waals surface area contributed by atoms with Crippen molar-refractivity contribution in [3.05, 3.63) is 35.4 Å². The molecule has 1 aliphatic rings. The van der Waals surface area contributed by atoms with E-state index in [1.165, 1.54) is 43.2 Å². The third kappa shape index (κ3) is 3.58. The molecule has 0 spiro atoms. The number of aryl methyl sites for hydroxylation is 1. The maximum absolute atomic E-state index is 6.08. The van der Waals surface area contributed by atoms with Crippen LogP contribution in [0.2, 0.25) is 0 Å². The number of hydrogen-bond acceptors (Lipinski definition) is 1. The molecule has 0 aliphatic heterocycles. The highest BCUT2D eigenvalue weighted by Crippen LogP contribution is 2.23. The average molecular weight is 230 g/mol. The summed E-state index contributed by atoms with van der Waals surface area (Å²) in [7, 11) is 0. The van der Waals surface area contributed by atoms with Crippen LogP contribution in [0.1, 0.15) is 43.2 Å². The first-order valence-electron chi connectivity index (χ1n) is 6.61. The molecule has 0 unspecified atom stereocenters. The summed E-state index contributed by atoms with van der Waals surface area (Å²) in [4.78, 5) is 4.54. The summed E-state index contributed by atoms with van der Waals surface area (Å²) >= 11 is 0. The fourth-order valence-electron chi connectivity index (χ4n) is 2.40. The molecule has 0 amide bonds. The number of nitrogens with two attached hydrogens (primary N) is 1. The van der Waals surface area contributed by atoms with E-state index in [0.717, 1.165) is 12.4 Å². The molecule has 2 rings (SSSR count). The van der Waals surface area contributed by atoms with Gasteiger partial charge in [-0.1, -0.05) is 49.1 Å². The van der Waals surface area contributed by atoms with Crippen molar-refractivity contribution in [2.75, 3.05) is 0 Å². The molecule has 1 aromatic rings. The number of aliphatic imine (C=N–C) groups is 1. The predicted octanol–water partition coefficient (Wildman–Crippen LogP) is 3.43. The summed E-state index contributed by atoms with van der Waals surface area (Å²) in [5.41, 5.74) is 8.61. The van der Waals surface area contributed by atoms with Gasteiger partial charge in [-0.3, -0.25) is 4.99 Å². The highest BCUT2D eigenvalue weighted by atomic mass is 14.9. The minimum Gasteiger partial charge on any atom is -0.387 e. The minimum absolute atomic E-state index is 0.536. The highest BCUT2D eigenvalue weighted by Gasteiger charge is 2.16. The van der Waals surface area contributed by atoms with Crippen LogP contribution in [0.4, 0.5) is 0 Å². The van der Waals surface area contributed by atoms with E-state index in [-0.39, 0.29) is 0 Å². The molecule has 1 fully saturated rings. The summed E-state index contributed by atoms with van der Waals surface area (Å²) < 4.78 is 0. The molecule has 2 nitrogen and oxygen atoms in total. The van der Waals surface area contributed by atoms with Gasteiger partial charge in [0.2, 0.25) is 0 Å². The van der Waals surface area contributed by atoms with Gasteiger partial charge >= 0.3 is 0 Å². The van der Waals surface area contributed by atoms with Crippen LogP contribution in [0.15, 0.2) is 29.3 Å². The molecule has 17 heavy (non-hydrogen) atoms. The van der Waals surface area contributed by atoms with Crippen molar-refractivity contribution in [1.29, 1.82) is 0 Å². The average Bonchev–Trinajstić information content (AvgIpc) is 2.39. The van der Waals surface area contributed by atoms with Crippen LogP contribution >= 0.6 is 0 Å². The minimum atomic E-state index is 0.536. The Balaban J connectivity index is 1.92. The first-order valence-corrected chi connectivity index (χ1v) is 6.61. The Morgan fingerprint density at radius 2 is 1.82 bits per heavy atom. The van der Waals surface area contributed by atoms with Gasteiger partial charge in [0.25, 0.3) is 0 Å². The molecular formula is C15H22N2. The second kappa shape index (κ2) is 5.85. The Morgan fingerprint density at radius 1 is 1.18 bits per heavy atom. The van der Waals surface area contributed by atoms with E-state index in [1.54, 1.807) is 0 Å². The molecule has 0 atom stereocenters. The Kier molecular flexibility index (Phi) is 4.18. The van der Waals surface area contributed by atoms with Gasteiger partial charge in [0.15, 0.2) is 0 Å². The molecular weight excluding hydrogens is 208 g/mol. The molecule has 0 aromatic heterocycles. The predicted molar refractivity (Wildman–Crippen MR) is 73.1 cm³/mol. The number of nitrogens with zero attached hydrogens (tertiary/aromatic N) is 1. The van der Waals surface area contributed by atoms with Crippen LogP contribution in [0.25, 0.3) is 0 Å². The topological polar surface area (TPSA) is 38.4 Å². The largest absolute Gasteiger partial charge is 0.387 e. The molecule has 0 heterocycles. The molecule has 1 saturated carbocycles. The van der Waals surface area contributed by atoms with Gasteiger partial charge in [-0.25, -0.2) is 0 Å². The number of amidine groups is 1. The van der Waals surface area contributed by atoms with E-state index in [0.29, 0.717) is 5.92 Å². The monoisotopic (exact) mass is 230 g/mol. The maximum Gasteiger partial charge on any atom is 0.0972 e. The fourth-order valence-corrected chi connectivity index (χ4v) is 2.40. The summed E-state index contributed by atoms with van der Waals surface area (Å²) in [5.74, 6) is 1.40. The normalized spacial score (nSPS) is 18.3. The first-order chi connectivity index (χ1) is 8.25. The molecule has 0 radical (unpaired) electrons. The van der Waals surface area contributed by atoms with Gasteiger partial charge in [-0.05, 0) is 25.3 Å². The lowest BCUT2D eigenvalue weighted by Gasteiger charge is -2.20. The van der Waals surface area contributed by atoms with Crippen molar-refractivity contribution in [2.45, 2.75) is 45.6 Å². The van der Waals surface area contributed by atoms with Crippen molar-refractivity contribution in [2.24, 2.45) is 16.6 Å². The van der Waals surface area contributed by atoms with Gasteiger partial charge in [-0.15, -0.1) is 0 Å². The lowest BCUT2D eigenvalue weighted by atomic mass is 9.88. The van der Waals surface area contributed by atoms with Gasteiger partial charge in [0.05, 0.1) is 12.4 Å². The summed E-state index contributed by atoms with van der Waals surface area (Å²) in [6.07, 6.45) is 6.44. The van der Waals surface area contributed by atoms with Gasteiger partial charge in [0.1, 0.15) is 0 Å². The molecule has 1 aliphatic carbocycles. The lowest BCUT2D eigenvalue weighted by Crippen LogP contribution is -2.25. The first kappa shape index (κ1) is 12.2. The van der Waals surface area contributed by atoms with Gasteiger partial charge in [0, 0.05) is 5.92 Å². The molecule has 0 bridgehead atoms. The van der Waals surface area contributed by atoms with E-state index < -0.39 is 0 Å². The van der Waals surface area contributed by atoms with Crippen molar-refractivity contribution < 1.29 is 0 Å². The Labute approximate surface area is 104 Å². The van der Waals surface area contributed by atoms with E-state index in [1.807, 2.05) is 0 Å². The molecule has 1 aromatic carbocycles. The zero-order valence-electron chi connectivity index (χ0n) is 10.7. The van der Waals surface area contributed by atoms with Crippen molar-refractivity contribution in [1.82, 2.24) is 0 Å². The zero-order valence-corrected chi connectivity index (χ0v) is 10.7. The third-order valence-electron chi connectivity index (χ3n) is 3.59. The third-order valence-corrected chi connectivity index (χ3v) is 3.59. The Hall–Kier alpha value is -1.31. The van der Waals surface area contributed by atoms with E-state index >= 15 is 0 Å². The van der Waals surface area contributed by atoms with Crippen LogP contribution in [-0.4, -0.2) is 5.84 Å². The van der Waals surface area contributed by atoms with Crippen LogP contribution in [0, 0.1) is 12.8 Å². The maximum atomic E-state index is 6.08. The zero-order chi connectivity index (χ0) is 12.1. The quantitative estimate of drug-likeness (QED) is 0.627. The Morgan fingerprint density at radius 3 is 2.47 bits per heavy atom. The second-order valence-corrected chi connectivity index (χ2v) is 5.06. The summed E-state index contributed by atoms with van der Waals surface area (Å²) in [6.45, 7) is 2.83. The standard InChI is InChI=1S/C15H22N2/c1-12-7-9-13(10-8-12)11-17-15(16)14-5-3-2-4-6-14/h7-10,14H,2-6,11H2,1H3,(H2,16,17). The summed E-state index contributed by atoms with van der Waals surface area (Å²) in [5, 5.41) is 0. The van der Waals surface area contributed by atoms with Crippen LogP contribution < -0.4 is 5.73 Å². The van der Waals surface area contributed by atoms with E-state index in [9.17, 15) is 0 Å². The Bertz CT molecular complexity index is 372. The summed E-state index contributed by atoms with van der Waals surface area (Å²) in [6, 6.07) is 8.52. The molecule has 2 heteroatoms. The van der Waals surface area contributed by atoms with E-state index in [2.05, 4.69) is 36.2 Å². The lowest BCUT2D eigenvalue weighted by molar-refractivity contribution is 0.436. The van der Waals surface area contributed by atoms with Crippen LogP contribution in [0.5, 0.6) is 0 Å². The molecule has 92 valence electrons. The number of rotatable bonds is 3. The number of benzene rings is 1. The second-order valence-electron chi connectivity index (χ2n) is 5.06. The SMILES string of the molecule is Cc1ccc(CN=C(N)C2CCCCC2)cc1. The highest BCUT2D eigenvalue weighted by molar-refractivity contribution is 5.82. The molecule has 0 saturated heterocycles. The van der Waals surface area contributed by atoms with E-state index in [4.69, 9.17) is 5.73 Å². The number of hydrogen-bond donors (Lipinski definition) is 1. The van der Waals surface area contributed by atoms with Crippen LogP contribution in [-0.2, 0) is 6.54 Å².